The van der Waals surface area contributed by atoms with Crippen LogP contribution >= 0.6 is 11.3 Å². The van der Waals surface area contributed by atoms with Crippen molar-refractivity contribution in [3.63, 3.8) is 0 Å². The Kier molecular flexibility index (Phi) is 4.47. The molecule has 0 saturated carbocycles. The predicted octanol–water partition coefficient (Wildman–Crippen LogP) is -0.492. The van der Waals surface area contributed by atoms with Gasteiger partial charge in [0.25, 0.3) is 10.2 Å². The van der Waals surface area contributed by atoms with Crippen molar-refractivity contribution in [3.05, 3.63) is 16.1 Å². The molecule has 2 heterocycles. The van der Waals surface area contributed by atoms with E-state index in [1.54, 1.807) is 0 Å². The fraction of sp³-hybridized carbons (Fsp3) is 0.556. The smallest absolute Gasteiger partial charge is 0.355 e. The van der Waals surface area contributed by atoms with Gasteiger partial charge in [-0.1, -0.05) is 0 Å². The van der Waals surface area contributed by atoms with E-state index in [0.29, 0.717) is 31.3 Å². The quantitative estimate of drug-likeness (QED) is 0.759. The first-order valence-corrected chi connectivity index (χ1v) is 7.81. The summed E-state index contributed by atoms with van der Waals surface area (Å²) >= 11 is 1.10. The summed E-state index contributed by atoms with van der Waals surface area (Å²) in [6.07, 6.45) is 0. The van der Waals surface area contributed by atoms with Crippen LogP contribution in [-0.2, 0) is 21.5 Å². The Morgan fingerprint density at radius 3 is 2.79 bits per heavy atom. The molecule has 1 aromatic rings. The molecule has 0 unspecified atom stereocenters. The van der Waals surface area contributed by atoms with Gasteiger partial charge in [0.2, 0.25) is 0 Å². The summed E-state index contributed by atoms with van der Waals surface area (Å²) in [5, 5.41) is 10.5. The molecular formula is C9H13N3O5S2. The summed E-state index contributed by atoms with van der Waals surface area (Å²) in [6.45, 7) is 1.36. The predicted molar refractivity (Wildman–Crippen MR) is 67.2 cm³/mol. The number of rotatable bonds is 5. The van der Waals surface area contributed by atoms with E-state index >= 15 is 0 Å². The number of nitrogens with one attached hydrogen (secondary N) is 1. The third-order valence-electron chi connectivity index (χ3n) is 2.49. The van der Waals surface area contributed by atoms with Crippen LogP contribution in [0.25, 0.3) is 0 Å². The minimum absolute atomic E-state index is 0.0162. The lowest BCUT2D eigenvalue weighted by Crippen LogP contribution is -2.46. The van der Waals surface area contributed by atoms with Crippen LogP contribution in [0.3, 0.4) is 0 Å². The monoisotopic (exact) mass is 307 g/mol. The molecule has 0 atom stereocenters. The third kappa shape index (κ3) is 3.70. The standard InChI is InChI=1S/C9H13N3O5S2/c13-9(14)7-6-18-8(11-7)5-10-19(15,16)12-1-3-17-4-2-12/h6,10H,1-5H2,(H,13,14). The van der Waals surface area contributed by atoms with Crippen molar-refractivity contribution >= 4 is 27.5 Å². The number of aromatic nitrogens is 1. The molecule has 0 aliphatic carbocycles. The van der Waals surface area contributed by atoms with Gasteiger partial charge in [-0.25, -0.2) is 9.78 Å². The second-order valence-electron chi connectivity index (χ2n) is 3.77. The highest BCUT2D eigenvalue weighted by atomic mass is 32.2. The van der Waals surface area contributed by atoms with E-state index in [-0.39, 0.29) is 12.2 Å². The molecule has 19 heavy (non-hydrogen) atoms. The van der Waals surface area contributed by atoms with Gasteiger partial charge in [0, 0.05) is 18.5 Å². The van der Waals surface area contributed by atoms with E-state index in [2.05, 4.69) is 9.71 Å². The zero-order valence-corrected chi connectivity index (χ0v) is 11.5. The first-order chi connectivity index (χ1) is 8.99. The second kappa shape index (κ2) is 5.92. The number of carbonyl (C=O) groups is 1. The summed E-state index contributed by atoms with van der Waals surface area (Å²) in [5.41, 5.74) is -0.0782. The number of morpholine rings is 1. The highest BCUT2D eigenvalue weighted by Gasteiger charge is 2.24. The van der Waals surface area contributed by atoms with Gasteiger partial charge < -0.3 is 9.84 Å². The number of hydrogen-bond donors (Lipinski definition) is 2. The molecule has 10 heteroatoms. The van der Waals surface area contributed by atoms with Crippen LogP contribution < -0.4 is 4.72 Å². The summed E-state index contributed by atoms with van der Waals surface area (Å²) < 4.78 is 32.6. The number of ether oxygens (including phenoxy) is 1. The van der Waals surface area contributed by atoms with Crippen molar-refractivity contribution in [1.82, 2.24) is 14.0 Å². The number of carboxylic acids is 1. The van der Waals surface area contributed by atoms with Gasteiger partial charge >= 0.3 is 5.97 Å². The molecule has 1 saturated heterocycles. The molecule has 0 amide bonds. The van der Waals surface area contributed by atoms with Crippen molar-refractivity contribution in [2.24, 2.45) is 0 Å². The van der Waals surface area contributed by atoms with Gasteiger partial charge in [0.15, 0.2) is 5.69 Å². The lowest BCUT2D eigenvalue weighted by atomic mass is 10.5. The Hall–Kier alpha value is -1.07. The maximum Gasteiger partial charge on any atom is 0.355 e. The highest BCUT2D eigenvalue weighted by molar-refractivity contribution is 7.87. The molecule has 1 aromatic heterocycles. The molecule has 1 aliphatic rings. The normalized spacial score (nSPS) is 17.5. The lowest BCUT2D eigenvalue weighted by molar-refractivity contribution is 0.0691. The van der Waals surface area contributed by atoms with Gasteiger partial charge in [-0.05, 0) is 0 Å². The third-order valence-corrected chi connectivity index (χ3v) is 4.89. The van der Waals surface area contributed by atoms with Crippen molar-refractivity contribution in [1.29, 1.82) is 0 Å². The van der Waals surface area contributed by atoms with Crippen LogP contribution in [0.1, 0.15) is 15.5 Å². The maximum absolute atomic E-state index is 11.9. The molecule has 106 valence electrons. The van der Waals surface area contributed by atoms with Gasteiger partial charge in [0.1, 0.15) is 5.01 Å². The zero-order valence-electron chi connectivity index (χ0n) is 9.90. The van der Waals surface area contributed by atoms with Crippen molar-refractivity contribution < 1.29 is 23.1 Å². The molecule has 0 aromatic carbocycles. The average Bonchev–Trinajstić information content (AvgIpc) is 2.87. The minimum Gasteiger partial charge on any atom is -0.476 e. The number of carboxylic acid groups (broad SMARTS) is 1. The Labute approximate surface area is 114 Å². The van der Waals surface area contributed by atoms with E-state index in [9.17, 15) is 13.2 Å². The van der Waals surface area contributed by atoms with Crippen LogP contribution in [0.2, 0.25) is 0 Å². The number of hydrogen-bond acceptors (Lipinski definition) is 6. The van der Waals surface area contributed by atoms with Gasteiger partial charge in [0.05, 0.1) is 19.8 Å². The SMILES string of the molecule is O=C(O)c1csc(CNS(=O)(=O)N2CCOCC2)n1. The topological polar surface area (TPSA) is 109 Å². The lowest BCUT2D eigenvalue weighted by Gasteiger charge is -2.25. The molecular weight excluding hydrogens is 294 g/mol. The van der Waals surface area contributed by atoms with Gasteiger partial charge in [-0.2, -0.15) is 17.4 Å². The highest BCUT2D eigenvalue weighted by Crippen LogP contribution is 2.11. The second-order valence-corrected chi connectivity index (χ2v) is 6.47. The van der Waals surface area contributed by atoms with Crippen molar-refractivity contribution in [3.8, 4) is 0 Å². The molecule has 2 N–H and O–H groups in total. The Balaban J connectivity index is 1.94. The molecule has 1 aliphatic heterocycles. The summed E-state index contributed by atoms with van der Waals surface area (Å²) in [5.74, 6) is -1.13. The number of nitrogens with zero attached hydrogens (tertiary/aromatic N) is 2. The number of thiazole rings is 1. The molecule has 0 bridgehead atoms. The van der Waals surface area contributed by atoms with Gasteiger partial charge in [-0.15, -0.1) is 11.3 Å². The van der Waals surface area contributed by atoms with E-state index in [1.807, 2.05) is 0 Å². The first kappa shape index (κ1) is 14.3. The number of aromatic carboxylic acids is 1. The Morgan fingerprint density at radius 1 is 1.53 bits per heavy atom. The maximum atomic E-state index is 11.9. The Bertz CT molecular complexity index is 550. The summed E-state index contributed by atoms with van der Waals surface area (Å²) in [7, 11) is -3.57. The van der Waals surface area contributed by atoms with Crippen LogP contribution in [0.5, 0.6) is 0 Å². The van der Waals surface area contributed by atoms with Crippen molar-refractivity contribution in [2.45, 2.75) is 6.54 Å². The molecule has 0 radical (unpaired) electrons. The Morgan fingerprint density at radius 2 is 2.21 bits per heavy atom. The van der Waals surface area contributed by atoms with Crippen LogP contribution in [-0.4, -0.2) is 55.1 Å². The van der Waals surface area contributed by atoms with E-state index < -0.39 is 16.2 Å². The van der Waals surface area contributed by atoms with Crippen LogP contribution in [0.15, 0.2) is 5.38 Å². The molecule has 8 nitrogen and oxygen atoms in total. The molecule has 2 rings (SSSR count). The molecule has 0 spiro atoms. The molecule has 1 fully saturated rings. The fourth-order valence-electron chi connectivity index (χ4n) is 1.52. The summed E-state index contributed by atoms with van der Waals surface area (Å²) in [4.78, 5) is 14.5. The fourth-order valence-corrected chi connectivity index (χ4v) is 3.45. The van der Waals surface area contributed by atoms with Crippen molar-refractivity contribution in [2.75, 3.05) is 26.3 Å². The zero-order chi connectivity index (χ0) is 13.9. The first-order valence-electron chi connectivity index (χ1n) is 5.49. The van der Waals surface area contributed by atoms with Crippen LogP contribution in [0, 0.1) is 0 Å². The van der Waals surface area contributed by atoms with E-state index in [1.165, 1.54) is 9.69 Å². The summed E-state index contributed by atoms with van der Waals surface area (Å²) in [6, 6.07) is 0. The van der Waals surface area contributed by atoms with E-state index in [4.69, 9.17) is 9.84 Å². The van der Waals surface area contributed by atoms with Gasteiger partial charge in [-0.3, -0.25) is 0 Å². The van der Waals surface area contributed by atoms with E-state index in [0.717, 1.165) is 11.3 Å². The average molecular weight is 307 g/mol. The largest absolute Gasteiger partial charge is 0.476 e. The van der Waals surface area contributed by atoms with Crippen LogP contribution in [0.4, 0.5) is 0 Å². The minimum atomic E-state index is -3.57.